The minimum Gasteiger partial charge on any atom is -0.333 e. The fourth-order valence-corrected chi connectivity index (χ4v) is 8.90. The molecule has 3 aliphatic heterocycles. The van der Waals surface area contributed by atoms with Crippen molar-refractivity contribution in [2.45, 2.75) is 102 Å². The monoisotopic (exact) mass is 558 g/mol. The number of piperidine rings is 2. The lowest BCUT2D eigenvalue weighted by Crippen LogP contribution is -2.55. The minimum absolute atomic E-state index is 0.0652. The van der Waals surface area contributed by atoms with E-state index in [4.69, 9.17) is 0 Å². The average molecular weight is 559 g/mol. The summed E-state index contributed by atoms with van der Waals surface area (Å²) in [7, 11) is 0. The van der Waals surface area contributed by atoms with Crippen molar-refractivity contribution in [1.82, 2.24) is 25.1 Å². The highest BCUT2D eigenvalue weighted by atomic mass is 16.2. The maximum atomic E-state index is 14.2. The van der Waals surface area contributed by atoms with Gasteiger partial charge >= 0.3 is 6.03 Å². The SMILES string of the molecule is CC(=O)NC1C=CN(c2nc3ccccc3n(C3CC4CCCC(C3)N4CC3CC4CCCC(C4)C3)c2=O)C(=O)N1. The van der Waals surface area contributed by atoms with Gasteiger partial charge in [-0.15, -0.1) is 0 Å². The van der Waals surface area contributed by atoms with E-state index < -0.39 is 12.2 Å². The van der Waals surface area contributed by atoms with E-state index in [-0.39, 0.29) is 23.3 Å². The molecule has 5 aliphatic rings. The third kappa shape index (κ3) is 5.17. The number of hydrogen-bond donors (Lipinski definition) is 2. The zero-order valence-electron chi connectivity index (χ0n) is 24.0. The predicted octanol–water partition coefficient (Wildman–Crippen LogP) is 4.68. The number of carbonyl (C=O) groups is 2. The lowest BCUT2D eigenvalue weighted by molar-refractivity contribution is -0.119. The van der Waals surface area contributed by atoms with Crippen LogP contribution >= 0.6 is 0 Å². The Bertz CT molecular complexity index is 1390. The first kappa shape index (κ1) is 26.7. The zero-order valence-corrected chi connectivity index (χ0v) is 24.0. The highest BCUT2D eigenvalue weighted by Crippen LogP contribution is 2.45. The fourth-order valence-electron chi connectivity index (χ4n) is 8.90. The van der Waals surface area contributed by atoms with Gasteiger partial charge in [-0.2, -0.15) is 0 Å². The molecule has 7 rings (SSSR count). The van der Waals surface area contributed by atoms with Gasteiger partial charge in [0.05, 0.1) is 11.0 Å². The molecule has 3 amide bonds. The molecule has 1 aromatic carbocycles. The number of amides is 3. The Morgan fingerprint density at radius 2 is 1.66 bits per heavy atom. The number of benzene rings is 1. The number of nitrogens with zero attached hydrogens (tertiary/aromatic N) is 4. The molecule has 2 saturated carbocycles. The van der Waals surface area contributed by atoms with Gasteiger partial charge in [-0.1, -0.05) is 37.8 Å². The molecule has 2 saturated heterocycles. The summed E-state index contributed by atoms with van der Waals surface area (Å²) in [4.78, 5) is 47.5. The molecule has 1 aromatic heterocycles. The molecule has 4 heterocycles. The van der Waals surface area contributed by atoms with Gasteiger partial charge in [-0.05, 0) is 80.9 Å². The molecule has 5 unspecified atom stereocenters. The fraction of sp³-hybridized carbons (Fsp3) is 0.625. The Hall–Kier alpha value is -3.20. The number of nitrogens with one attached hydrogen (secondary N) is 2. The summed E-state index contributed by atoms with van der Waals surface area (Å²) >= 11 is 0. The summed E-state index contributed by atoms with van der Waals surface area (Å²) in [6.07, 6.45) is 16.7. The van der Waals surface area contributed by atoms with Crippen LogP contribution in [-0.4, -0.2) is 51.2 Å². The van der Waals surface area contributed by atoms with Crippen LogP contribution in [0.4, 0.5) is 10.6 Å². The van der Waals surface area contributed by atoms with Crippen molar-refractivity contribution in [1.29, 1.82) is 0 Å². The Morgan fingerprint density at radius 3 is 2.37 bits per heavy atom. The molecular formula is C32H42N6O3. The number of carbonyl (C=O) groups excluding carboxylic acids is 2. The lowest BCUT2D eigenvalue weighted by atomic mass is 9.67. The maximum Gasteiger partial charge on any atom is 0.329 e. The molecule has 0 spiro atoms. The van der Waals surface area contributed by atoms with Crippen molar-refractivity contribution < 1.29 is 9.59 Å². The van der Waals surface area contributed by atoms with Crippen LogP contribution in [0.5, 0.6) is 0 Å². The normalized spacial score (nSPS) is 33.4. The number of fused-ring (bicyclic) bond motifs is 5. The van der Waals surface area contributed by atoms with Crippen LogP contribution in [0.2, 0.25) is 0 Å². The van der Waals surface area contributed by atoms with Crippen LogP contribution < -0.4 is 21.1 Å². The number of aromatic nitrogens is 2. The third-order valence-corrected chi connectivity index (χ3v) is 10.4. The van der Waals surface area contributed by atoms with Crippen LogP contribution in [0.1, 0.15) is 83.6 Å². The second-order valence-corrected chi connectivity index (χ2v) is 13.2. The van der Waals surface area contributed by atoms with E-state index in [0.717, 1.165) is 36.1 Å². The largest absolute Gasteiger partial charge is 0.333 e. The van der Waals surface area contributed by atoms with Gasteiger partial charge in [0.2, 0.25) is 11.7 Å². The molecule has 4 fully saturated rings. The van der Waals surface area contributed by atoms with Crippen molar-refractivity contribution in [3.8, 4) is 0 Å². The summed E-state index contributed by atoms with van der Waals surface area (Å²) in [6.45, 7) is 2.62. The summed E-state index contributed by atoms with van der Waals surface area (Å²) in [5.74, 6) is 2.56. The number of rotatable bonds is 5. The number of anilines is 1. The van der Waals surface area contributed by atoms with E-state index in [0.29, 0.717) is 17.6 Å². The summed E-state index contributed by atoms with van der Waals surface area (Å²) < 4.78 is 1.94. The maximum absolute atomic E-state index is 14.2. The Kier molecular flexibility index (Phi) is 7.09. The lowest BCUT2D eigenvalue weighted by Gasteiger charge is -2.51. The third-order valence-electron chi connectivity index (χ3n) is 10.4. The molecule has 2 aliphatic carbocycles. The van der Waals surface area contributed by atoms with E-state index in [1.54, 1.807) is 12.3 Å². The average Bonchev–Trinajstić information content (AvgIpc) is 2.93. The quantitative estimate of drug-likeness (QED) is 0.555. The molecule has 2 aromatic rings. The van der Waals surface area contributed by atoms with E-state index in [1.165, 1.54) is 76.2 Å². The van der Waals surface area contributed by atoms with Gasteiger partial charge in [0.15, 0.2) is 0 Å². The van der Waals surface area contributed by atoms with Gasteiger partial charge < -0.3 is 15.2 Å². The molecule has 9 nitrogen and oxygen atoms in total. The van der Waals surface area contributed by atoms with Gasteiger partial charge in [-0.3, -0.25) is 14.5 Å². The van der Waals surface area contributed by atoms with Gasteiger partial charge in [-0.25, -0.2) is 14.7 Å². The molecule has 5 atom stereocenters. The minimum atomic E-state index is -0.619. The zero-order chi connectivity index (χ0) is 28.1. The Morgan fingerprint density at radius 1 is 0.951 bits per heavy atom. The van der Waals surface area contributed by atoms with Gasteiger partial charge in [0.1, 0.15) is 6.17 Å². The summed E-state index contributed by atoms with van der Waals surface area (Å²) in [5.41, 5.74) is 1.29. The standard InChI is InChI=1S/C32H42N6O3/c1-20(39)33-29-12-13-36(32(41)35-29)30-31(40)38(28-11-3-2-10-27(28)34-30)26-17-24-8-5-9-25(18-26)37(24)19-23-15-21-6-4-7-22(14-21)16-23/h2-3,10-13,21-26,29H,4-9,14-19H2,1H3,(H,33,39)(H,35,41). The molecule has 41 heavy (non-hydrogen) atoms. The molecule has 218 valence electrons. The summed E-state index contributed by atoms with van der Waals surface area (Å²) in [6, 6.07) is 8.34. The first-order chi connectivity index (χ1) is 19.9. The highest BCUT2D eigenvalue weighted by molar-refractivity contribution is 5.95. The first-order valence-corrected chi connectivity index (χ1v) is 15.7. The van der Waals surface area contributed by atoms with Crippen molar-refractivity contribution in [2.24, 2.45) is 17.8 Å². The number of hydrogen-bond acceptors (Lipinski definition) is 5. The van der Waals surface area contributed by atoms with Crippen molar-refractivity contribution in [3.63, 3.8) is 0 Å². The van der Waals surface area contributed by atoms with Crippen molar-refractivity contribution in [2.75, 3.05) is 11.4 Å². The molecule has 2 N–H and O–H groups in total. The highest BCUT2D eigenvalue weighted by Gasteiger charge is 2.42. The van der Waals surface area contributed by atoms with Crippen molar-refractivity contribution >= 4 is 28.8 Å². The molecule has 9 heteroatoms. The Balaban J connectivity index is 1.17. The smallest absolute Gasteiger partial charge is 0.329 e. The van der Waals surface area contributed by atoms with Crippen LogP contribution in [-0.2, 0) is 4.79 Å². The van der Waals surface area contributed by atoms with E-state index in [1.807, 2.05) is 28.8 Å². The second-order valence-electron chi connectivity index (χ2n) is 13.2. The topological polar surface area (TPSA) is 99.6 Å². The van der Waals surface area contributed by atoms with Gasteiger partial charge in [0.25, 0.3) is 5.56 Å². The Labute approximate surface area is 241 Å². The molecule has 0 radical (unpaired) electrons. The van der Waals surface area contributed by atoms with Gasteiger partial charge in [0, 0.05) is 37.8 Å². The van der Waals surface area contributed by atoms with E-state index in [2.05, 4.69) is 20.5 Å². The van der Waals surface area contributed by atoms with E-state index >= 15 is 0 Å². The van der Waals surface area contributed by atoms with Crippen LogP contribution in [0, 0.1) is 17.8 Å². The predicted molar refractivity (Wildman–Crippen MR) is 158 cm³/mol. The summed E-state index contributed by atoms with van der Waals surface area (Å²) in [5, 5.41) is 5.40. The van der Waals surface area contributed by atoms with E-state index in [9.17, 15) is 14.4 Å². The number of urea groups is 1. The van der Waals surface area contributed by atoms with Crippen molar-refractivity contribution in [3.05, 3.63) is 46.9 Å². The number of para-hydroxylation sites is 2. The first-order valence-electron chi connectivity index (χ1n) is 15.7. The van der Waals surface area contributed by atoms with Crippen LogP contribution in [0.15, 0.2) is 41.3 Å². The van der Waals surface area contributed by atoms with Crippen LogP contribution in [0.25, 0.3) is 11.0 Å². The molecular weight excluding hydrogens is 516 g/mol. The van der Waals surface area contributed by atoms with Crippen LogP contribution in [0.3, 0.4) is 0 Å². The molecule has 4 bridgehead atoms. The second kappa shape index (κ2) is 10.9.